The summed E-state index contributed by atoms with van der Waals surface area (Å²) in [7, 11) is 4.45. The molecule has 2 rings (SSSR count). The van der Waals surface area contributed by atoms with Crippen molar-refractivity contribution >= 4 is 17.1 Å². The molecule has 0 aliphatic carbocycles. The maximum Gasteiger partial charge on any atom is 0.203 e. The van der Waals surface area contributed by atoms with Crippen LogP contribution in [0.2, 0.25) is 0 Å². The largest absolute Gasteiger partial charge is 0.493 e. The van der Waals surface area contributed by atoms with E-state index in [-0.39, 0.29) is 5.78 Å². The smallest absolute Gasteiger partial charge is 0.203 e. The van der Waals surface area contributed by atoms with Crippen LogP contribution in [0.4, 0.5) is 0 Å². The topological polar surface area (TPSA) is 68.6 Å². The van der Waals surface area contributed by atoms with Crippen molar-refractivity contribution in [1.82, 2.24) is 0 Å². The first-order valence-electron chi connectivity index (χ1n) is 6.42. The SMILES string of the molecule is COc1cc(C(=O)C(C#N)c2ccsc2)cc(OC)c1OC. The van der Waals surface area contributed by atoms with E-state index in [4.69, 9.17) is 14.2 Å². The number of methoxy groups -OCH3 is 3. The third kappa shape index (κ3) is 2.90. The zero-order valence-electron chi connectivity index (χ0n) is 12.5. The highest BCUT2D eigenvalue weighted by Gasteiger charge is 2.25. The summed E-state index contributed by atoms with van der Waals surface area (Å²) >= 11 is 1.44. The molecule has 6 heteroatoms. The number of ketones is 1. The minimum absolute atomic E-state index is 0.305. The zero-order valence-corrected chi connectivity index (χ0v) is 13.3. The molecule has 0 N–H and O–H groups in total. The number of nitrogens with zero attached hydrogens (tertiary/aromatic N) is 1. The Bertz CT molecular complexity index is 678. The van der Waals surface area contributed by atoms with E-state index < -0.39 is 5.92 Å². The number of nitriles is 1. The molecule has 114 valence electrons. The summed E-state index contributed by atoms with van der Waals surface area (Å²) in [6.07, 6.45) is 0. The Kier molecular flexibility index (Phi) is 5.02. The molecule has 1 aromatic heterocycles. The average molecular weight is 317 g/mol. The monoisotopic (exact) mass is 317 g/mol. The number of thiophene rings is 1. The van der Waals surface area contributed by atoms with Gasteiger partial charge < -0.3 is 14.2 Å². The molecule has 2 aromatic rings. The van der Waals surface area contributed by atoms with Crippen molar-refractivity contribution < 1.29 is 19.0 Å². The van der Waals surface area contributed by atoms with Crippen LogP contribution in [0, 0.1) is 11.3 Å². The van der Waals surface area contributed by atoms with Crippen molar-refractivity contribution in [3.05, 3.63) is 40.1 Å². The lowest BCUT2D eigenvalue weighted by Gasteiger charge is -2.14. The van der Waals surface area contributed by atoms with E-state index >= 15 is 0 Å². The van der Waals surface area contributed by atoms with E-state index in [9.17, 15) is 10.1 Å². The molecule has 1 atom stereocenters. The van der Waals surface area contributed by atoms with Crippen LogP contribution in [0.5, 0.6) is 17.2 Å². The van der Waals surface area contributed by atoms with Gasteiger partial charge in [-0.15, -0.1) is 0 Å². The van der Waals surface area contributed by atoms with E-state index in [2.05, 4.69) is 6.07 Å². The molecule has 0 fully saturated rings. The van der Waals surface area contributed by atoms with Gasteiger partial charge in [0, 0.05) is 5.56 Å². The highest BCUT2D eigenvalue weighted by Crippen LogP contribution is 2.39. The van der Waals surface area contributed by atoms with E-state index in [0.717, 1.165) is 0 Å². The lowest BCUT2D eigenvalue weighted by molar-refractivity contribution is 0.0978. The van der Waals surface area contributed by atoms with Gasteiger partial charge >= 0.3 is 0 Å². The minimum atomic E-state index is -0.853. The minimum Gasteiger partial charge on any atom is -0.493 e. The molecule has 0 saturated heterocycles. The maximum absolute atomic E-state index is 12.6. The predicted octanol–water partition coefficient (Wildman–Crippen LogP) is 3.26. The summed E-state index contributed by atoms with van der Waals surface area (Å²) in [5.41, 5.74) is 1.03. The molecule has 0 spiro atoms. The van der Waals surface area contributed by atoms with Crippen molar-refractivity contribution in [3.8, 4) is 23.3 Å². The van der Waals surface area contributed by atoms with Crippen LogP contribution in [0.1, 0.15) is 21.8 Å². The van der Waals surface area contributed by atoms with Crippen LogP contribution in [-0.2, 0) is 0 Å². The third-order valence-corrected chi connectivity index (χ3v) is 3.92. The van der Waals surface area contributed by atoms with Crippen molar-refractivity contribution in [1.29, 1.82) is 5.26 Å². The molecule has 0 saturated carbocycles. The second-order valence-corrected chi connectivity index (χ2v) is 5.18. The Hall–Kier alpha value is -2.52. The highest BCUT2D eigenvalue weighted by molar-refractivity contribution is 7.08. The number of carbonyl (C=O) groups is 1. The van der Waals surface area contributed by atoms with Crippen LogP contribution in [0.15, 0.2) is 29.0 Å². The second-order valence-electron chi connectivity index (χ2n) is 4.40. The number of carbonyl (C=O) groups excluding carboxylic acids is 1. The first kappa shape index (κ1) is 15.9. The number of ether oxygens (including phenoxy) is 3. The van der Waals surface area contributed by atoms with Gasteiger partial charge in [0.05, 0.1) is 27.4 Å². The fourth-order valence-electron chi connectivity index (χ4n) is 2.11. The van der Waals surface area contributed by atoms with Crippen LogP contribution < -0.4 is 14.2 Å². The van der Waals surface area contributed by atoms with Crippen molar-refractivity contribution in [3.63, 3.8) is 0 Å². The zero-order chi connectivity index (χ0) is 16.1. The van der Waals surface area contributed by atoms with Gasteiger partial charge in [-0.3, -0.25) is 4.79 Å². The van der Waals surface area contributed by atoms with Gasteiger partial charge in [0.25, 0.3) is 0 Å². The Morgan fingerprint density at radius 1 is 1.18 bits per heavy atom. The van der Waals surface area contributed by atoms with Gasteiger partial charge in [-0.05, 0) is 34.5 Å². The maximum atomic E-state index is 12.6. The summed E-state index contributed by atoms with van der Waals surface area (Å²) in [6, 6.07) is 6.93. The average Bonchev–Trinajstić information content (AvgIpc) is 3.08. The molecule has 1 aromatic carbocycles. The van der Waals surface area contributed by atoms with E-state index in [1.807, 2.05) is 5.38 Å². The molecule has 0 radical (unpaired) electrons. The molecule has 0 aliphatic heterocycles. The first-order valence-corrected chi connectivity index (χ1v) is 7.36. The Labute approximate surface area is 132 Å². The van der Waals surface area contributed by atoms with Gasteiger partial charge in [0.15, 0.2) is 17.3 Å². The number of hydrogen-bond donors (Lipinski definition) is 0. The number of rotatable bonds is 6. The number of hydrogen-bond acceptors (Lipinski definition) is 6. The molecule has 22 heavy (non-hydrogen) atoms. The van der Waals surface area contributed by atoms with Crippen LogP contribution in [0.25, 0.3) is 0 Å². The summed E-state index contributed by atoms with van der Waals surface area (Å²) in [4.78, 5) is 12.6. The molecule has 0 amide bonds. The molecule has 0 bridgehead atoms. The lowest BCUT2D eigenvalue weighted by Crippen LogP contribution is -2.11. The third-order valence-electron chi connectivity index (χ3n) is 3.22. The van der Waals surface area contributed by atoms with E-state index in [1.54, 1.807) is 23.6 Å². The van der Waals surface area contributed by atoms with Gasteiger partial charge in [0.1, 0.15) is 5.92 Å². The van der Waals surface area contributed by atoms with E-state index in [1.165, 1.54) is 32.7 Å². The molecule has 0 aliphatic rings. The van der Waals surface area contributed by atoms with Crippen molar-refractivity contribution in [2.75, 3.05) is 21.3 Å². The quantitative estimate of drug-likeness (QED) is 0.765. The fourth-order valence-corrected chi connectivity index (χ4v) is 2.80. The van der Waals surface area contributed by atoms with Gasteiger partial charge in [-0.25, -0.2) is 0 Å². The Morgan fingerprint density at radius 3 is 2.23 bits per heavy atom. The van der Waals surface area contributed by atoms with E-state index in [0.29, 0.717) is 28.4 Å². The second kappa shape index (κ2) is 6.96. The number of benzene rings is 1. The standard InChI is InChI=1S/C16H15NO4S/c1-19-13-6-11(7-14(20-2)16(13)21-3)15(18)12(8-17)10-4-5-22-9-10/h4-7,9,12H,1-3H3. The highest BCUT2D eigenvalue weighted by atomic mass is 32.1. The summed E-state index contributed by atoms with van der Waals surface area (Å²) in [6.45, 7) is 0. The molecular weight excluding hydrogens is 302 g/mol. The van der Waals surface area contributed by atoms with Gasteiger partial charge in [0.2, 0.25) is 5.75 Å². The Morgan fingerprint density at radius 2 is 1.82 bits per heavy atom. The lowest BCUT2D eigenvalue weighted by atomic mass is 9.93. The summed E-state index contributed by atoms with van der Waals surface area (Å²) < 4.78 is 15.7. The summed E-state index contributed by atoms with van der Waals surface area (Å²) in [5.74, 6) is 0.0132. The number of Topliss-reactive ketones (excluding diaryl/α,β-unsaturated/α-hetero) is 1. The predicted molar refractivity (Wildman–Crippen MR) is 83.1 cm³/mol. The fraction of sp³-hybridized carbons (Fsp3) is 0.250. The summed E-state index contributed by atoms with van der Waals surface area (Å²) in [5, 5.41) is 13.0. The molecular formula is C16H15NO4S. The van der Waals surface area contributed by atoms with Gasteiger partial charge in [-0.2, -0.15) is 16.6 Å². The van der Waals surface area contributed by atoms with Crippen LogP contribution >= 0.6 is 11.3 Å². The van der Waals surface area contributed by atoms with Crippen LogP contribution in [-0.4, -0.2) is 27.1 Å². The van der Waals surface area contributed by atoms with Crippen LogP contribution in [0.3, 0.4) is 0 Å². The normalized spacial score (nSPS) is 11.4. The van der Waals surface area contributed by atoms with Gasteiger partial charge in [-0.1, -0.05) is 0 Å². The molecule has 1 heterocycles. The van der Waals surface area contributed by atoms with Crippen molar-refractivity contribution in [2.24, 2.45) is 0 Å². The Balaban J connectivity index is 2.48. The van der Waals surface area contributed by atoms with Crippen molar-refractivity contribution in [2.45, 2.75) is 5.92 Å². The first-order chi connectivity index (χ1) is 10.7. The molecule has 1 unspecified atom stereocenters. The molecule has 5 nitrogen and oxygen atoms in total.